The summed E-state index contributed by atoms with van der Waals surface area (Å²) in [6, 6.07) is 5.94. The van der Waals surface area contributed by atoms with Crippen molar-refractivity contribution in [1.82, 2.24) is 0 Å². The number of anilines is 1. The molecule has 1 aromatic carbocycles. The van der Waals surface area contributed by atoms with E-state index in [2.05, 4.69) is 27.8 Å². The van der Waals surface area contributed by atoms with Crippen molar-refractivity contribution in [2.24, 2.45) is 0 Å². The van der Waals surface area contributed by atoms with Crippen LogP contribution < -0.4 is 4.90 Å². The minimum Gasteiger partial charge on any atom is -0.389 e. The second-order valence-corrected chi connectivity index (χ2v) is 4.26. The van der Waals surface area contributed by atoms with Crippen LogP contribution in [0.2, 0.25) is 0 Å². The molecule has 1 rings (SSSR count). The van der Waals surface area contributed by atoms with Gasteiger partial charge in [0.25, 0.3) is 0 Å². The van der Waals surface area contributed by atoms with Crippen LogP contribution in [0.4, 0.5) is 5.69 Å². The molecule has 1 atom stereocenters. The van der Waals surface area contributed by atoms with Crippen LogP contribution in [0.1, 0.15) is 25.5 Å². The molecule has 14 heavy (non-hydrogen) atoms. The van der Waals surface area contributed by atoms with E-state index in [-0.39, 0.29) is 0 Å². The summed E-state index contributed by atoms with van der Waals surface area (Å²) in [5.41, 5.74) is 2.09. The lowest BCUT2D eigenvalue weighted by Gasteiger charge is -2.19. The molecule has 0 aliphatic rings. The normalized spacial score (nSPS) is 12.6. The van der Waals surface area contributed by atoms with Gasteiger partial charge in [0.15, 0.2) is 0 Å². The average molecular weight is 258 g/mol. The van der Waals surface area contributed by atoms with Crippen molar-refractivity contribution >= 4 is 21.6 Å². The topological polar surface area (TPSA) is 23.5 Å². The molecule has 0 bridgehead atoms. The zero-order valence-corrected chi connectivity index (χ0v) is 10.4. The average Bonchev–Trinajstić information content (AvgIpc) is 2.16. The van der Waals surface area contributed by atoms with E-state index in [1.165, 1.54) is 0 Å². The number of aliphatic hydroxyl groups is 1. The van der Waals surface area contributed by atoms with Crippen LogP contribution in [0, 0.1) is 0 Å². The number of hydrogen-bond donors (Lipinski definition) is 1. The largest absolute Gasteiger partial charge is 0.389 e. The van der Waals surface area contributed by atoms with Crippen LogP contribution in [-0.2, 0) is 0 Å². The molecule has 0 radical (unpaired) electrons. The summed E-state index contributed by atoms with van der Waals surface area (Å²) in [5, 5.41) is 9.40. The first kappa shape index (κ1) is 11.5. The lowest BCUT2D eigenvalue weighted by atomic mass is 10.1. The van der Waals surface area contributed by atoms with Gasteiger partial charge in [0.1, 0.15) is 0 Å². The fraction of sp³-hybridized carbons (Fsp3) is 0.455. The Morgan fingerprint density at radius 3 is 2.57 bits per heavy atom. The van der Waals surface area contributed by atoms with Crippen molar-refractivity contribution < 1.29 is 5.11 Å². The van der Waals surface area contributed by atoms with E-state index in [9.17, 15) is 5.11 Å². The molecule has 3 heteroatoms. The summed E-state index contributed by atoms with van der Waals surface area (Å²) in [4.78, 5) is 2.15. The summed E-state index contributed by atoms with van der Waals surface area (Å²) >= 11 is 3.50. The third kappa shape index (κ3) is 2.49. The van der Waals surface area contributed by atoms with Crippen molar-refractivity contribution in [2.45, 2.75) is 20.0 Å². The lowest BCUT2D eigenvalue weighted by Crippen LogP contribution is -2.16. The van der Waals surface area contributed by atoms with Crippen LogP contribution in [0.5, 0.6) is 0 Å². The van der Waals surface area contributed by atoms with E-state index in [1.54, 1.807) is 6.92 Å². The molecule has 2 nitrogen and oxygen atoms in total. The van der Waals surface area contributed by atoms with Crippen molar-refractivity contribution in [3.05, 3.63) is 28.2 Å². The molecule has 0 spiro atoms. The van der Waals surface area contributed by atoms with Gasteiger partial charge in [-0.05, 0) is 47.5 Å². The van der Waals surface area contributed by atoms with Gasteiger partial charge in [0.2, 0.25) is 0 Å². The monoisotopic (exact) mass is 257 g/mol. The molecular formula is C11H16BrNO. The highest BCUT2D eigenvalue weighted by molar-refractivity contribution is 9.10. The molecule has 0 unspecified atom stereocenters. The first-order valence-corrected chi connectivity index (χ1v) is 5.54. The van der Waals surface area contributed by atoms with Crippen LogP contribution >= 0.6 is 15.9 Å². The van der Waals surface area contributed by atoms with Gasteiger partial charge in [0, 0.05) is 18.1 Å². The molecule has 1 N–H and O–H groups in total. The van der Waals surface area contributed by atoms with E-state index in [0.29, 0.717) is 0 Å². The third-order valence-corrected chi connectivity index (χ3v) is 2.97. The highest BCUT2D eigenvalue weighted by atomic mass is 79.9. The Hall–Kier alpha value is -0.540. The molecule has 78 valence electrons. The maximum absolute atomic E-state index is 9.40. The molecule has 0 heterocycles. The zero-order chi connectivity index (χ0) is 10.7. The summed E-state index contributed by atoms with van der Waals surface area (Å²) in [6.07, 6.45) is -0.410. The Morgan fingerprint density at radius 2 is 2.14 bits per heavy atom. The minimum absolute atomic E-state index is 0.410. The number of halogens is 1. The molecule has 0 saturated carbocycles. The fourth-order valence-electron chi connectivity index (χ4n) is 1.26. The highest BCUT2D eigenvalue weighted by Gasteiger charge is 2.07. The van der Waals surface area contributed by atoms with Crippen molar-refractivity contribution in [3.63, 3.8) is 0 Å². The summed E-state index contributed by atoms with van der Waals surface area (Å²) in [7, 11) is 2.04. The van der Waals surface area contributed by atoms with Crippen LogP contribution in [-0.4, -0.2) is 18.7 Å². The molecule has 0 aromatic heterocycles. The van der Waals surface area contributed by atoms with Gasteiger partial charge in [-0.1, -0.05) is 6.07 Å². The standard InChI is InChI=1S/C11H16BrNO/c1-4-13(3)11-6-5-9(8(2)14)7-10(11)12/h5-8,14H,4H2,1-3H3/t8-/m1/s1. The van der Waals surface area contributed by atoms with Crippen LogP contribution in [0.15, 0.2) is 22.7 Å². The predicted octanol–water partition coefficient (Wildman–Crippen LogP) is 2.96. The van der Waals surface area contributed by atoms with E-state index >= 15 is 0 Å². The number of benzene rings is 1. The van der Waals surface area contributed by atoms with Crippen molar-refractivity contribution in [2.75, 3.05) is 18.5 Å². The molecule has 0 amide bonds. The fourth-order valence-corrected chi connectivity index (χ4v) is 1.96. The highest BCUT2D eigenvalue weighted by Crippen LogP contribution is 2.28. The minimum atomic E-state index is -0.410. The number of nitrogens with zero attached hydrogens (tertiary/aromatic N) is 1. The quantitative estimate of drug-likeness (QED) is 0.901. The Kier molecular flexibility index (Phi) is 3.96. The first-order valence-electron chi connectivity index (χ1n) is 4.75. The smallest absolute Gasteiger partial charge is 0.0762 e. The second kappa shape index (κ2) is 4.80. The van der Waals surface area contributed by atoms with Gasteiger partial charge in [-0.2, -0.15) is 0 Å². The van der Waals surface area contributed by atoms with Crippen LogP contribution in [0.3, 0.4) is 0 Å². The molecule has 0 aliphatic heterocycles. The maximum Gasteiger partial charge on any atom is 0.0762 e. The van der Waals surface area contributed by atoms with Gasteiger partial charge in [-0.3, -0.25) is 0 Å². The van der Waals surface area contributed by atoms with Gasteiger partial charge < -0.3 is 10.0 Å². The van der Waals surface area contributed by atoms with E-state index < -0.39 is 6.10 Å². The van der Waals surface area contributed by atoms with Crippen molar-refractivity contribution in [1.29, 1.82) is 0 Å². The number of aliphatic hydroxyl groups excluding tert-OH is 1. The lowest BCUT2D eigenvalue weighted by molar-refractivity contribution is 0.199. The molecule has 0 fully saturated rings. The third-order valence-electron chi connectivity index (χ3n) is 2.34. The van der Waals surface area contributed by atoms with E-state index in [4.69, 9.17) is 0 Å². The maximum atomic E-state index is 9.40. The molecule has 0 aliphatic carbocycles. The van der Waals surface area contributed by atoms with E-state index in [1.807, 2.05) is 25.2 Å². The Balaban J connectivity index is 3.01. The Morgan fingerprint density at radius 1 is 1.50 bits per heavy atom. The molecular weight excluding hydrogens is 242 g/mol. The van der Waals surface area contributed by atoms with Gasteiger partial charge in [0.05, 0.1) is 11.8 Å². The predicted molar refractivity (Wildman–Crippen MR) is 63.7 cm³/mol. The summed E-state index contributed by atoms with van der Waals surface area (Å²) < 4.78 is 1.03. The second-order valence-electron chi connectivity index (χ2n) is 3.40. The van der Waals surface area contributed by atoms with Gasteiger partial charge >= 0.3 is 0 Å². The molecule has 1 aromatic rings. The first-order chi connectivity index (χ1) is 6.56. The Bertz CT molecular complexity index is 312. The van der Waals surface area contributed by atoms with Crippen LogP contribution in [0.25, 0.3) is 0 Å². The van der Waals surface area contributed by atoms with Gasteiger partial charge in [-0.15, -0.1) is 0 Å². The van der Waals surface area contributed by atoms with E-state index in [0.717, 1.165) is 22.3 Å². The zero-order valence-electron chi connectivity index (χ0n) is 8.79. The summed E-state index contributed by atoms with van der Waals surface area (Å²) in [5.74, 6) is 0. The number of rotatable bonds is 3. The summed E-state index contributed by atoms with van der Waals surface area (Å²) in [6.45, 7) is 4.84. The number of hydrogen-bond acceptors (Lipinski definition) is 2. The van der Waals surface area contributed by atoms with Crippen molar-refractivity contribution in [3.8, 4) is 0 Å². The molecule has 0 saturated heterocycles. The van der Waals surface area contributed by atoms with Gasteiger partial charge in [-0.25, -0.2) is 0 Å². The Labute approximate surface area is 93.7 Å². The SMILES string of the molecule is CCN(C)c1ccc([C@@H](C)O)cc1Br.